The number of carbonyl (C=O) groups is 5. The normalized spacial score (nSPS) is 12.6. The first-order valence-electron chi connectivity index (χ1n) is 6.82. The van der Waals surface area contributed by atoms with Gasteiger partial charge in [0.1, 0.15) is 12.6 Å². The van der Waals surface area contributed by atoms with Crippen LogP contribution < -0.4 is 21.7 Å². The maximum absolute atomic E-state index is 11.8. The number of carbonyl (C=O) groups excluding carboxylic acids is 3. The second-order valence-corrected chi connectivity index (χ2v) is 5.04. The van der Waals surface area contributed by atoms with Gasteiger partial charge in [0.2, 0.25) is 17.7 Å². The lowest BCUT2D eigenvalue weighted by Crippen LogP contribution is -2.51. The molecule has 0 radical (unpaired) electrons. The number of rotatable bonds is 11. The minimum absolute atomic E-state index is 0.0757. The zero-order chi connectivity index (χ0) is 18.7. The Kier molecular flexibility index (Phi) is 10.1. The van der Waals surface area contributed by atoms with E-state index < -0.39 is 61.3 Å². The molecule has 2 atom stereocenters. The van der Waals surface area contributed by atoms with Crippen molar-refractivity contribution in [3.63, 3.8) is 0 Å². The summed E-state index contributed by atoms with van der Waals surface area (Å²) in [5, 5.41) is 23.6. The third kappa shape index (κ3) is 9.63. The maximum Gasteiger partial charge on any atom is 0.322 e. The van der Waals surface area contributed by atoms with Gasteiger partial charge in [-0.25, -0.2) is 0 Å². The summed E-state index contributed by atoms with van der Waals surface area (Å²) in [5.74, 6) is -4.61. The molecule has 0 spiro atoms. The fourth-order valence-electron chi connectivity index (χ4n) is 1.45. The molecule has 7 N–H and O–H groups in total. The van der Waals surface area contributed by atoms with Gasteiger partial charge in [0.15, 0.2) is 0 Å². The summed E-state index contributed by atoms with van der Waals surface area (Å²) in [6.07, 6.45) is -0.654. The van der Waals surface area contributed by atoms with Crippen LogP contribution >= 0.6 is 12.6 Å². The molecule has 0 aliphatic heterocycles. The van der Waals surface area contributed by atoms with Gasteiger partial charge in [0, 0.05) is 12.2 Å². The van der Waals surface area contributed by atoms with Crippen LogP contribution in [0.2, 0.25) is 0 Å². The van der Waals surface area contributed by atoms with Crippen molar-refractivity contribution in [2.45, 2.75) is 24.9 Å². The third-order valence-electron chi connectivity index (χ3n) is 2.67. The smallest absolute Gasteiger partial charge is 0.322 e. The maximum atomic E-state index is 11.8. The van der Waals surface area contributed by atoms with Crippen molar-refractivity contribution >= 4 is 42.3 Å². The van der Waals surface area contributed by atoms with Crippen molar-refractivity contribution < 1.29 is 34.2 Å². The zero-order valence-electron chi connectivity index (χ0n) is 12.7. The Morgan fingerprint density at radius 2 is 1.54 bits per heavy atom. The SMILES string of the molecule is NC(CS)C(=O)NCC(=O)NC(CCC(=O)O)C(=O)NCC(=O)O. The van der Waals surface area contributed by atoms with Gasteiger partial charge in [-0.1, -0.05) is 0 Å². The number of nitrogens with two attached hydrogens (primary N) is 1. The van der Waals surface area contributed by atoms with Crippen molar-refractivity contribution in [3.8, 4) is 0 Å². The van der Waals surface area contributed by atoms with Crippen LogP contribution in [0.3, 0.4) is 0 Å². The second-order valence-electron chi connectivity index (χ2n) is 4.67. The Bertz CT molecular complexity index is 500. The fourth-order valence-corrected chi connectivity index (χ4v) is 1.62. The van der Waals surface area contributed by atoms with Crippen LogP contribution in [0.4, 0.5) is 0 Å². The van der Waals surface area contributed by atoms with Gasteiger partial charge in [-0.05, 0) is 6.42 Å². The molecule has 12 heteroatoms. The number of aliphatic carboxylic acids is 2. The van der Waals surface area contributed by atoms with Crippen LogP contribution in [0.1, 0.15) is 12.8 Å². The van der Waals surface area contributed by atoms with Crippen LogP contribution in [0, 0.1) is 0 Å². The molecule has 0 saturated heterocycles. The second kappa shape index (κ2) is 11.2. The highest BCUT2D eigenvalue weighted by molar-refractivity contribution is 7.80. The van der Waals surface area contributed by atoms with Gasteiger partial charge in [-0.15, -0.1) is 0 Å². The summed E-state index contributed by atoms with van der Waals surface area (Å²) in [6.45, 7) is -1.15. The Morgan fingerprint density at radius 1 is 0.958 bits per heavy atom. The third-order valence-corrected chi connectivity index (χ3v) is 3.06. The molecule has 11 nitrogen and oxygen atoms in total. The highest BCUT2D eigenvalue weighted by Crippen LogP contribution is 1.98. The first kappa shape index (κ1) is 21.7. The molecule has 0 fully saturated rings. The monoisotopic (exact) mass is 364 g/mol. The van der Waals surface area contributed by atoms with Crippen LogP contribution in [0.15, 0.2) is 0 Å². The van der Waals surface area contributed by atoms with Crippen molar-refractivity contribution in [2.24, 2.45) is 5.73 Å². The molecule has 0 heterocycles. The Morgan fingerprint density at radius 3 is 2.04 bits per heavy atom. The number of carboxylic acid groups (broad SMARTS) is 2. The molecule has 0 aromatic rings. The van der Waals surface area contributed by atoms with Crippen molar-refractivity contribution in [1.29, 1.82) is 0 Å². The lowest BCUT2D eigenvalue weighted by Gasteiger charge is -2.18. The standard InChI is InChI=1S/C12H20N4O7S/c13-6(5-24)11(22)14-3-8(17)16-7(1-2-9(18)19)12(23)15-4-10(20)21/h6-7,24H,1-5,13H2,(H,14,22)(H,15,23)(H,16,17)(H,18,19)(H,20,21). The predicted molar refractivity (Wildman–Crippen MR) is 84.3 cm³/mol. The van der Waals surface area contributed by atoms with Gasteiger partial charge in [-0.2, -0.15) is 12.6 Å². The Labute approximate surface area is 142 Å². The Hall–Kier alpha value is -2.34. The number of amides is 3. The van der Waals surface area contributed by atoms with Gasteiger partial charge in [0.25, 0.3) is 0 Å². The van der Waals surface area contributed by atoms with E-state index in [1.807, 2.05) is 5.32 Å². The quantitative estimate of drug-likeness (QED) is 0.188. The van der Waals surface area contributed by atoms with Gasteiger partial charge >= 0.3 is 11.9 Å². The highest BCUT2D eigenvalue weighted by atomic mass is 32.1. The van der Waals surface area contributed by atoms with Crippen LogP contribution in [0.5, 0.6) is 0 Å². The Balaban J connectivity index is 4.58. The van der Waals surface area contributed by atoms with E-state index in [0.29, 0.717) is 0 Å². The topological polar surface area (TPSA) is 188 Å². The lowest BCUT2D eigenvalue weighted by atomic mass is 10.1. The lowest BCUT2D eigenvalue weighted by molar-refractivity contribution is -0.140. The molecule has 2 unspecified atom stereocenters. The summed E-state index contributed by atoms with van der Waals surface area (Å²) in [7, 11) is 0. The molecule has 3 amide bonds. The average Bonchev–Trinajstić information content (AvgIpc) is 2.52. The van der Waals surface area contributed by atoms with Crippen molar-refractivity contribution in [3.05, 3.63) is 0 Å². The van der Waals surface area contributed by atoms with Crippen molar-refractivity contribution in [2.75, 3.05) is 18.8 Å². The highest BCUT2D eigenvalue weighted by Gasteiger charge is 2.22. The van der Waals surface area contributed by atoms with Gasteiger partial charge < -0.3 is 31.9 Å². The molecule has 0 aromatic heterocycles. The average molecular weight is 364 g/mol. The van der Waals surface area contributed by atoms with Crippen LogP contribution in [-0.4, -0.2) is 70.8 Å². The van der Waals surface area contributed by atoms with E-state index in [4.69, 9.17) is 15.9 Å². The zero-order valence-corrected chi connectivity index (χ0v) is 13.5. The summed E-state index contributed by atoms with van der Waals surface area (Å²) >= 11 is 3.83. The first-order valence-corrected chi connectivity index (χ1v) is 7.45. The minimum Gasteiger partial charge on any atom is -0.481 e. The van der Waals surface area contributed by atoms with E-state index in [2.05, 4.69) is 23.3 Å². The van der Waals surface area contributed by atoms with E-state index in [1.54, 1.807) is 0 Å². The summed E-state index contributed by atoms with van der Waals surface area (Å²) in [6, 6.07) is -2.15. The fraction of sp³-hybridized carbons (Fsp3) is 0.583. The molecule has 0 aliphatic rings. The molecule has 0 bridgehead atoms. The number of carboxylic acids is 2. The predicted octanol–water partition coefficient (Wildman–Crippen LogP) is -3.09. The summed E-state index contributed by atoms with van der Waals surface area (Å²) in [4.78, 5) is 55.9. The van der Waals surface area contributed by atoms with Gasteiger partial charge in [0.05, 0.1) is 12.6 Å². The number of nitrogens with one attached hydrogen (secondary N) is 3. The van der Waals surface area contributed by atoms with Gasteiger partial charge in [-0.3, -0.25) is 24.0 Å². The largest absolute Gasteiger partial charge is 0.481 e. The van der Waals surface area contributed by atoms with E-state index in [0.717, 1.165) is 0 Å². The molecule has 0 aromatic carbocycles. The van der Waals surface area contributed by atoms with Crippen LogP contribution in [-0.2, 0) is 24.0 Å². The molecule has 0 aliphatic carbocycles. The first-order chi connectivity index (χ1) is 11.2. The van der Waals surface area contributed by atoms with E-state index >= 15 is 0 Å². The van der Waals surface area contributed by atoms with E-state index in [1.165, 1.54) is 0 Å². The van der Waals surface area contributed by atoms with E-state index in [-0.39, 0.29) is 12.2 Å². The molecule has 136 valence electrons. The van der Waals surface area contributed by atoms with E-state index in [9.17, 15) is 24.0 Å². The van der Waals surface area contributed by atoms with Crippen LogP contribution in [0.25, 0.3) is 0 Å². The molecule has 0 saturated carbocycles. The molecule has 0 rings (SSSR count). The minimum atomic E-state index is -1.29. The van der Waals surface area contributed by atoms with Crippen molar-refractivity contribution in [1.82, 2.24) is 16.0 Å². The number of hydrogen-bond donors (Lipinski definition) is 7. The summed E-state index contributed by atoms with van der Waals surface area (Å²) in [5.41, 5.74) is 5.40. The molecule has 24 heavy (non-hydrogen) atoms. The number of thiol groups is 1. The molecular formula is C12H20N4O7S. The number of hydrogen-bond acceptors (Lipinski definition) is 7. The molecular weight excluding hydrogens is 344 g/mol. The summed E-state index contributed by atoms with van der Waals surface area (Å²) < 4.78 is 0.